The Morgan fingerprint density at radius 2 is 1.90 bits per heavy atom. The second kappa shape index (κ2) is 5.72. The molecule has 0 spiro atoms. The molecule has 0 aliphatic rings. The van der Waals surface area contributed by atoms with Crippen molar-refractivity contribution >= 4 is 22.7 Å². The molecule has 3 N–H and O–H groups in total. The van der Waals surface area contributed by atoms with Crippen molar-refractivity contribution in [2.45, 2.75) is 26.1 Å². The molecule has 1 heterocycles. The number of nitrogens with two attached hydrogens (primary N) is 1. The molecule has 21 heavy (non-hydrogen) atoms. The molecule has 8 heteroatoms. The zero-order valence-electron chi connectivity index (χ0n) is 11.6. The van der Waals surface area contributed by atoms with Crippen LogP contribution in [0.2, 0.25) is 0 Å². The summed E-state index contributed by atoms with van der Waals surface area (Å²) in [5.41, 5.74) is 2.82. The Bertz CT molecular complexity index is 627. The predicted octanol–water partition coefficient (Wildman–Crippen LogP) is 2.69. The molecule has 0 saturated heterocycles. The van der Waals surface area contributed by atoms with E-state index in [9.17, 15) is 13.2 Å². The third-order valence-corrected chi connectivity index (χ3v) is 2.96. The van der Waals surface area contributed by atoms with Gasteiger partial charge in [0.25, 0.3) is 0 Å². The highest BCUT2D eigenvalue weighted by atomic mass is 19.4. The van der Waals surface area contributed by atoms with Crippen LogP contribution in [-0.2, 0) is 0 Å². The van der Waals surface area contributed by atoms with Gasteiger partial charge in [-0.1, -0.05) is 12.1 Å². The normalized spacial score (nSPS) is 12.0. The van der Waals surface area contributed by atoms with E-state index in [-0.39, 0.29) is 17.8 Å². The number of para-hydroxylation sites is 1. The predicted molar refractivity (Wildman–Crippen MR) is 75.9 cm³/mol. The van der Waals surface area contributed by atoms with Crippen LogP contribution in [0, 0.1) is 0 Å². The molecule has 5 nitrogen and oxygen atoms in total. The first kappa shape index (κ1) is 15.3. The van der Waals surface area contributed by atoms with Gasteiger partial charge in [-0.25, -0.2) is 10.8 Å². The van der Waals surface area contributed by atoms with E-state index in [0.717, 1.165) is 0 Å². The van der Waals surface area contributed by atoms with Gasteiger partial charge >= 0.3 is 6.18 Å². The molecule has 0 aliphatic carbocycles. The van der Waals surface area contributed by atoms with Gasteiger partial charge in [-0.3, -0.25) is 5.43 Å². The van der Waals surface area contributed by atoms with Gasteiger partial charge in [-0.05, 0) is 26.0 Å². The summed E-state index contributed by atoms with van der Waals surface area (Å²) in [7, 11) is 0. The summed E-state index contributed by atoms with van der Waals surface area (Å²) in [6.45, 7) is 2.27. The Balaban J connectivity index is 2.60. The topological polar surface area (TPSA) is 67.1 Å². The number of halogens is 3. The number of hydrogen-bond acceptors (Lipinski definition) is 5. The quantitative estimate of drug-likeness (QED) is 0.671. The molecule has 0 bridgehead atoms. The molecule has 0 radical (unpaired) electrons. The van der Waals surface area contributed by atoms with Crippen LogP contribution in [-0.4, -0.2) is 28.7 Å². The highest BCUT2D eigenvalue weighted by molar-refractivity contribution is 5.90. The lowest BCUT2D eigenvalue weighted by Gasteiger charge is -2.29. The van der Waals surface area contributed by atoms with Crippen molar-refractivity contribution in [1.29, 1.82) is 0 Å². The van der Waals surface area contributed by atoms with Crippen LogP contribution in [0.4, 0.5) is 24.9 Å². The van der Waals surface area contributed by atoms with Crippen LogP contribution in [0.3, 0.4) is 0 Å². The number of nitrogens with zero attached hydrogens (tertiary/aromatic N) is 3. The van der Waals surface area contributed by atoms with Gasteiger partial charge in [0.1, 0.15) is 12.4 Å². The van der Waals surface area contributed by atoms with E-state index in [1.807, 2.05) is 0 Å². The summed E-state index contributed by atoms with van der Waals surface area (Å²) in [5, 5.41) is 0.550. The zero-order chi connectivity index (χ0) is 15.6. The number of benzene rings is 1. The fraction of sp³-hybridized carbons (Fsp3) is 0.385. The minimum atomic E-state index is -4.33. The Morgan fingerprint density at radius 3 is 2.48 bits per heavy atom. The smallest absolute Gasteiger partial charge is 0.344 e. The number of nitrogens with one attached hydrogen (secondary N) is 1. The number of fused-ring (bicyclic) bond motifs is 1. The Hall–Kier alpha value is -2.09. The Labute approximate surface area is 119 Å². The van der Waals surface area contributed by atoms with E-state index >= 15 is 0 Å². The molecule has 0 amide bonds. The molecule has 2 aromatic rings. The van der Waals surface area contributed by atoms with Crippen molar-refractivity contribution in [1.82, 2.24) is 9.97 Å². The van der Waals surface area contributed by atoms with E-state index in [0.29, 0.717) is 10.9 Å². The second-order valence-electron chi connectivity index (χ2n) is 4.87. The van der Waals surface area contributed by atoms with Crippen molar-refractivity contribution in [3.63, 3.8) is 0 Å². The molecule has 0 fully saturated rings. The van der Waals surface area contributed by atoms with Gasteiger partial charge in [0.05, 0.1) is 5.52 Å². The molecule has 1 aromatic carbocycles. The van der Waals surface area contributed by atoms with Gasteiger partial charge in [-0.15, -0.1) is 0 Å². The third-order valence-electron chi connectivity index (χ3n) is 2.96. The van der Waals surface area contributed by atoms with E-state index in [2.05, 4.69) is 15.4 Å². The lowest BCUT2D eigenvalue weighted by molar-refractivity contribution is -0.120. The average Bonchev–Trinajstić information content (AvgIpc) is 2.42. The molecular formula is C13H16F3N5. The van der Waals surface area contributed by atoms with E-state index in [1.54, 1.807) is 38.1 Å². The van der Waals surface area contributed by atoms with Gasteiger partial charge in [-0.2, -0.15) is 18.2 Å². The van der Waals surface area contributed by atoms with Crippen LogP contribution in [0.5, 0.6) is 0 Å². The fourth-order valence-electron chi connectivity index (χ4n) is 2.04. The number of anilines is 2. The van der Waals surface area contributed by atoms with Crippen molar-refractivity contribution in [3.8, 4) is 0 Å². The SMILES string of the molecule is CC(C)N(CC(F)(F)F)c1nc(NN)nc2ccccc12. The maximum atomic E-state index is 12.8. The summed E-state index contributed by atoms with van der Waals surface area (Å²) in [6, 6.07) is 6.50. The lowest BCUT2D eigenvalue weighted by atomic mass is 10.2. The second-order valence-corrected chi connectivity index (χ2v) is 4.87. The molecule has 0 saturated carbocycles. The number of alkyl halides is 3. The van der Waals surface area contributed by atoms with Gasteiger partial charge in [0, 0.05) is 11.4 Å². The molecule has 0 atom stereocenters. The van der Waals surface area contributed by atoms with E-state index in [1.165, 1.54) is 4.90 Å². The lowest BCUT2D eigenvalue weighted by Crippen LogP contribution is -2.40. The third kappa shape index (κ3) is 3.52. The molecule has 0 unspecified atom stereocenters. The highest BCUT2D eigenvalue weighted by Gasteiger charge is 2.33. The van der Waals surface area contributed by atoms with Gasteiger partial charge < -0.3 is 4.90 Å². The number of nitrogen functional groups attached to an aromatic ring is 1. The van der Waals surface area contributed by atoms with E-state index < -0.39 is 12.7 Å². The van der Waals surface area contributed by atoms with Crippen molar-refractivity contribution in [2.24, 2.45) is 5.84 Å². The van der Waals surface area contributed by atoms with Crippen LogP contribution in [0.15, 0.2) is 24.3 Å². The molecular weight excluding hydrogens is 283 g/mol. The maximum absolute atomic E-state index is 12.8. The van der Waals surface area contributed by atoms with Crippen LogP contribution in [0.1, 0.15) is 13.8 Å². The first-order valence-corrected chi connectivity index (χ1v) is 6.38. The van der Waals surface area contributed by atoms with Gasteiger partial charge in [0.2, 0.25) is 5.95 Å². The number of rotatable bonds is 4. The average molecular weight is 299 g/mol. The minimum Gasteiger partial charge on any atom is -0.344 e. The number of hydrogen-bond donors (Lipinski definition) is 2. The summed E-state index contributed by atoms with van der Waals surface area (Å²) >= 11 is 0. The number of hydrazine groups is 1. The maximum Gasteiger partial charge on any atom is 0.405 e. The monoisotopic (exact) mass is 299 g/mol. The summed E-state index contributed by atoms with van der Waals surface area (Å²) in [5.74, 6) is 5.59. The zero-order valence-corrected chi connectivity index (χ0v) is 11.6. The van der Waals surface area contributed by atoms with Crippen LogP contribution < -0.4 is 16.2 Å². The van der Waals surface area contributed by atoms with E-state index in [4.69, 9.17) is 5.84 Å². The molecule has 2 rings (SSSR count). The molecule has 0 aliphatic heterocycles. The first-order valence-electron chi connectivity index (χ1n) is 6.38. The van der Waals surface area contributed by atoms with Crippen molar-refractivity contribution < 1.29 is 13.2 Å². The van der Waals surface area contributed by atoms with Crippen LogP contribution >= 0.6 is 0 Å². The summed E-state index contributed by atoms with van der Waals surface area (Å²) in [4.78, 5) is 9.43. The number of aromatic nitrogens is 2. The largest absolute Gasteiger partial charge is 0.405 e. The summed E-state index contributed by atoms with van der Waals surface area (Å²) in [6.07, 6.45) is -4.33. The summed E-state index contributed by atoms with van der Waals surface area (Å²) < 4.78 is 38.4. The van der Waals surface area contributed by atoms with Crippen molar-refractivity contribution in [3.05, 3.63) is 24.3 Å². The fourth-order valence-corrected chi connectivity index (χ4v) is 2.04. The Kier molecular flexibility index (Phi) is 4.17. The molecule has 1 aromatic heterocycles. The molecule has 114 valence electrons. The van der Waals surface area contributed by atoms with Crippen molar-refractivity contribution in [2.75, 3.05) is 16.9 Å². The first-order chi connectivity index (χ1) is 9.81. The minimum absolute atomic E-state index is 0.0801. The standard InChI is InChI=1S/C13H16F3N5/c1-8(2)21(7-13(14,15)16)11-9-5-3-4-6-10(9)18-12(19-11)20-17/h3-6,8H,7,17H2,1-2H3,(H,18,19,20). The highest BCUT2D eigenvalue weighted by Crippen LogP contribution is 2.29. The Morgan fingerprint density at radius 1 is 1.24 bits per heavy atom. The van der Waals surface area contributed by atoms with Crippen LogP contribution in [0.25, 0.3) is 10.9 Å². The van der Waals surface area contributed by atoms with Gasteiger partial charge in [0.15, 0.2) is 0 Å².